The minimum absolute atomic E-state index is 0.159. The molecule has 0 saturated carbocycles. The van der Waals surface area contributed by atoms with Crippen molar-refractivity contribution < 1.29 is 4.79 Å². The highest BCUT2D eigenvalue weighted by atomic mass is 79.9. The van der Waals surface area contributed by atoms with Gasteiger partial charge in [0.25, 0.3) is 5.56 Å². The summed E-state index contributed by atoms with van der Waals surface area (Å²) < 4.78 is 2.20. The second kappa shape index (κ2) is 6.67. The molecule has 1 aromatic carbocycles. The van der Waals surface area contributed by atoms with E-state index in [-0.39, 0.29) is 23.5 Å². The number of benzene rings is 1. The number of anilines is 1. The van der Waals surface area contributed by atoms with Gasteiger partial charge in [-0.2, -0.15) is 0 Å². The predicted molar refractivity (Wildman–Crippen MR) is 97.8 cm³/mol. The molecule has 0 bridgehead atoms. The highest BCUT2D eigenvalue weighted by Crippen LogP contribution is 2.20. The molecule has 0 aliphatic heterocycles. The highest BCUT2D eigenvalue weighted by molar-refractivity contribution is 9.10. The summed E-state index contributed by atoms with van der Waals surface area (Å²) in [5, 5.41) is 2.85. The molecule has 0 unspecified atom stereocenters. The molecule has 0 aliphatic rings. The molecular formula is C16H16BrN5O3. The average Bonchev–Trinajstić information content (AvgIpc) is 2.99. The molecule has 9 heteroatoms. The molecule has 3 rings (SSSR count). The van der Waals surface area contributed by atoms with Gasteiger partial charge < -0.3 is 10.3 Å². The molecule has 0 spiro atoms. The quantitative estimate of drug-likeness (QED) is 0.611. The number of hydrogen-bond donors (Lipinski definition) is 3. The maximum atomic E-state index is 12.1. The van der Waals surface area contributed by atoms with Crippen molar-refractivity contribution in [2.24, 2.45) is 7.05 Å². The Bertz CT molecular complexity index is 1080. The van der Waals surface area contributed by atoms with E-state index >= 15 is 0 Å². The van der Waals surface area contributed by atoms with Crippen LogP contribution in [0.1, 0.15) is 17.8 Å². The smallest absolute Gasteiger partial charge is 0.329 e. The number of halogens is 1. The van der Waals surface area contributed by atoms with Gasteiger partial charge in [-0.15, -0.1) is 0 Å². The number of imidazole rings is 1. The lowest BCUT2D eigenvalue weighted by Crippen LogP contribution is -2.28. The fourth-order valence-corrected chi connectivity index (χ4v) is 2.96. The summed E-state index contributed by atoms with van der Waals surface area (Å²) in [6.45, 7) is 1.91. The van der Waals surface area contributed by atoms with Gasteiger partial charge in [0.2, 0.25) is 5.91 Å². The minimum atomic E-state index is -0.529. The van der Waals surface area contributed by atoms with Crippen LogP contribution in [0.15, 0.2) is 32.3 Å². The van der Waals surface area contributed by atoms with E-state index < -0.39 is 11.2 Å². The summed E-state index contributed by atoms with van der Waals surface area (Å²) in [4.78, 5) is 44.8. The van der Waals surface area contributed by atoms with Crippen LogP contribution in [0, 0.1) is 6.92 Å². The lowest BCUT2D eigenvalue weighted by Gasteiger charge is -2.08. The number of carbonyl (C=O) groups is 1. The van der Waals surface area contributed by atoms with E-state index in [1.807, 2.05) is 25.1 Å². The third kappa shape index (κ3) is 3.55. The van der Waals surface area contributed by atoms with E-state index in [9.17, 15) is 14.4 Å². The number of nitrogens with zero attached hydrogens (tertiary/aromatic N) is 2. The van der Waals surface area contributed by atoms with Gasteiger partial charge >= 0.3 is 5.69 Å². The van der Waals surface area contributed by atoms with E-state index in [1.54, 1.807) is 0 Å². The second-order valence-corrected chi connectivity index (χ2v) is 6.62. The van der Waals surface area contributed by atoms with Crippen LogP contribution >= 0.6 is 15.9 Å². The van der Waals surface area contributed by atoms with E-state index in [0.29, 0.717) is 12.2 Å². The maximum absolute atomic E-state index is 12.1. The van der Waals surface area contributed by atoms with Crippen molar-refractivity contribution in [2.75, 3.05) is 5.32 Å². The Balaban J connectivity index is 1.73. The number of H-pyrrole nitrogens is 2. The number of carbonyl (C=O) groups excluding carboxylic acids is 1. The average molecular weight is 406 g/mol. The Kier molecular flexibility index (Phi) is 4.58. The third-order valence-electron chi connectivity index (χ3n) is 3.86. The lowest BCUT2D eigenvalue weighted by atomic mass is 10.2. The SMILES string of the molecule is Cc1cc(Br)ccc1NC(=O)CCc1nc2c([nH]1)c(=O)[nH]c(=O)n2C. The number of aryl methyl sites for hydroxylation is 3. The van der Waals surface area contributed by atoms with Crippen LogP contribution in [0.5, 0.6) is 0 Å². The van der Waals surface area contributed by atoms with Gasteiger partial charge in [0.15, 0.2) is 5.65 Å². The molecule has 0 aliphatic carbocycles. The van der Waals surface area contributed by atoms with Crippen LogP contribution in [-0.4, -0.2) is 25.4 Å². The van der Waals surface area contributed by atoms with E-state index in [0.717, 1.165) is 15.7 Å². The number of aromatic amines is 2. The molecule has 3 N–H and O–H groups in total. The predicted octanol–water partition coefficient (Wildman–Crippen LogP) is 1.59. The molecule has 2 aromatic heterocycles. The molecule has 0 atom stereocenters. The van der Waals surface area contributed by atoms with Crippen molar-refractivity contribution in [3.05, 3.63) is 54.9 Å². The number of nitrogens with one attached hydrogen (secondary N) is 3. The van der Waals surface area contributed by atoms with Crippen molar-refractivity contribution in [1.82, 2.24) is 19.5 Å². The zero-order valence-corrected chi connectivity index (χ0v) is 15.2. The zero-order chi connectivity index (χ0) is 18.1. The van der Waals surface area contributed by atoms with E-state index in [4.69, 9.17) is 0 Å². The van der Waals surface area contributed by atoms with Crippen LogP contribution in [0.4, 0.5) is 5.69 Å². The van der Waals surface area contributed by atoms with Gasteiger partial charge in [0.05, 0.1) is 0 Å². The third-order valence-corrected chi connectivity index (χ3v) is 4.35. The Labute approximate surface area is 150 Å². The largest absolute Gasteiger partial charge is 0.336 e. The molecule has 130 valence electrons. The molecule has 25 heavy (non-hydrogen) atoms. The van der Waals surface area contributed by atoms with Crippen molar-refractivity contribution in [3.8, 4) is 0 Å². The molecule has 3 aromatic rings. The van der Waals surface area contributed by atoms with Crippen LogP contribution in [-0.2, 0) is 18.3 Å². The van der Waals surface area contributed by atoms with Crippen LogP contribution in [0.3, 0.4) is 0 Å². The number of hydrogen-bond acceptors (Lipinski definition) is 4. The van der Waals surface area contributed by atoms with Crippen molar-refractivity contribution >= 4 is 38.7 Å². The maximum Gasteiger partial charge on any atom is 0.329 e. The fourth-order valence-electron chi connectivity index (χ4n) is 2.48. The minimum Gasteiger partial charge on any atom is -0.336 e. The zero-order valence-electron chi connectivity index (χ0n) is 13.6. The standard InChI is InChI=1S/C16H16BrN5O3/c1-8-7-9(17)3-4-10(8)18-12(23)6-5-11-19-13-14(20-11)22(2)16(25)21-15(13)24/h3-4,7H,5-6H2,1-2H3,(H,18,23)(H,19,20)(H,21,24,25). The van der Waals surface area contributed by atoms with Crippen molar-refractivity contribution in [1.29, 1.82) is 0 Å². The van der Waals surface area contributed by atoms with E-state index in [1.165, 1.54) is 11.6 Å². The summed E-state index contributed by atoms with van der Waals surface area (Å²) in [6, 6.07) is 5.60. The van der Waals surface area contributed by atoms with Gasteiger partial charge in [0, 0.05) is 30.0 Å². The Hall–Kier alpha value is -2.68. The molecular weight excluding hydrogens is 390 g/mol. The number of rotatable bonds is 4. The van der Waals surface area contributed by atoms with Crippen LogP contribution in [0.2, 0.25) is 0 Å². The summed E-state index contributed by atoms with van der Waals surface area (Å²) in [6.07, 6.45) is 0.519. The van der Waals surface area contributed by atoms with Crippen LogP contribution in [0.25, 0.3) is 11.2 Å². The molecule has 0 fully saturated rings. The Morgan fingerprint density at radius 3 is 2.80 bits per heavy atom. The summed E-state index contributed by atoms with van der Waals surface area (Å²) >= 11 is 3.38. The Morgan fingerprint density at radius 1 is 1.32 bits per heavy atom. The van der Waals surface area contributed by atoms with E-state index in [2.05, 4.69) is 36.2 Å². The first-order chi connectivity index (χ1) is 11.8. The van der Waals surface area contributed by atoms with Crippen molar-refractivity contribution in [3.63, 3.8) is 0 Å². The van der Waals surface area contributed by atoms with Gasteiger partial charge in [-0.05, 0) is 30.7 Å². The number of fused-ring (bicyclic) bond motifs is 1. The summed E-state index contributed by atoms with van der Waals surface area (Å²) in [5.41, 5.74) is 1.14. The molecule has 0 saturated heterocycles. The molecule has 2 heterocycles. The van der Waals surface area contributed by atoms with Gasteiger partial charge in [-0.3, -0.25) is 19.1 Å². The first-order valence-electron chi connectivity index (χ1n) is 7.59. The first kappa shape index (κ1) is 17.2. The topological polar surface area (TPSA) is 113 Å². The second-order valence-electron chi connectivity index (χ2n) is 5.71. The first-order valence-corrected chi connectivity index (χ1v) is 8.38. The fraction of sp³-hybridized carbons (Fsp3) is 0.250. The Morgan fingerprint density at radius 2 is 2.08 bits per heavy atom. The monoisotopic (exact) mass is 405 g/mol. The molecule has 0 radical (unpaired) electrons. The number of aromatic nitrogens is 4. The summed E-state index contributed by atoms with van der Waals surface area (Å²) in [5.74, 6) is 0.318. The van der Waals surface area contributed by atoms with Gasteiger partial charge in [-0.1, -0.05) is 15.9 Å². The molecule has 1 amide bonds. The highest BCUT2D eigenvalue weighted by Gasteiger charge is 2.12. The van der Waals surface area contributed by atoms with Gasteiger partial charge in [-0.25, -0.2) is 9.78 Å². The lowest BCUT2D eigenvalue weighted by molar-refractivity contribution is -0.116. The van der Waals surface area contributed by atoms with Crippen LogP contribution < -0.4 is 16.6 Å². The summed E-state index contributed by atoms with van der Waals surface area (Å²) in [7, 11) is 1.52. The normalized spacial score (nSPS) is 11.0. The van der Waals surface area contributed by atoms with Gasteiger partial charge in [0.1, 0.15) is 11.3 Å². The molecule has 8 nitrogen and oxygen atoms in total. The van der Waals surface area contributed by atoms with Crippen molar-refractivity contribution in [2.45, 2.75) is 19.8 Å². The number of amides is 1.